The summed E-state index contributed by atoms with van der Waals surface area (Å²) in [7, 11) is 0. The number of carbonyl (C=O) groups excluding carboxylic acids is 1. The largest absolute Gasteiger partial charge is 0.349 e. The summed E-state index contributed by atoms with van der Waals surface area (Å²) in [5.74, 6) is 0.936. The number of hydrogen-bond acceptors (Lipinski definition) is 2. The highest BCUT2D eigenvalue weighted by molar-refractivity contribution is 14.1. The number of carbonyl (C=O) groups is 1. The summed E-state index contributed by atoms with van der Waals surface area (Å²) in [4.78, 5) is 15.6. The molecule has 1 amide bonds. The fourth-order valence-corrected chi connectivity index (χ4v) is 2.94. The zero-order valence-electron chi connectivity index (χ0n) is 10.5. The van der Waals surface area contributed by atoms with Gasteiger partial charge in [0.05, 0.1) is 40.8 Å². The van der Waals surface area contributed by atoms with E-state index in [1.807, 2.05) is 0 Å². The first kappa shape index (κ1) is 12.9. The van der Waals surface area contributed by atoms with Crippen LogP contribution in [0.1, 0.15) is 44.4 Å². The van der Waals surface area contributed by atoms with E-state index in [2.05, 4.69) is 49.8 Å². The fourth-order valence-electron chi connectivity index (χ4n) is 2.22. The third kappa shape index (κ3) is 2.81. The molecule has 2 rings (SSSR count). The SMILES string of the molecule is CC(=O)NCc1nc2c(n1I)CC(C)(C)CC2. The van der Waals surface area contributed by atoms with Gasteiger partial charge in [0, 0.05) is 6.92 Å². The number of fused-ring (bicyclic) bond motifs is 1. The van der Waals surface area contributed by atoms with E-state index >= 15 is 0 Å². The molecule has 0 bridgehead atoms. The van der Waals surface area contributed by atoms with Crippen LogP contribution in [0.15, 0.2) is 0 Å². The summed E-state index contributed by atoms with van der Waals surface area (Å²) < 4.78 is 2.12. The second kappa shape index (κ2) is 4.59. The molecule has 0 radical (unpaired) electrons. The lowest BCUT2D eigenvalue weighted by Crippen LogP contribution is -2.23. The standard InChI is InChI=1S/C12H18IN3O/c1-8(17)14-7-11-15-9-4-5-12(2,3)6-10(9)16(11)13/h4-7H2,1-3H3,(H,14,17). The monoisotopic (exact) mass is 347 g/mol. The highest BCUT2D eigenvalue weighted by Crippen LogP contribution is 2.35. The van der Waals surface area contributed by atoms with E-state index in [4.69, 9.17) is 0 Å². The Hall–Kier alpha value is -0.590. The number of imidazole rings is 1. The predicted octanol–water partition coefficient (Wildman–Crippen LogP) is 2.23. The Morgan fingerprint density at radius 1 is 1.59 bits per heavy atom. The predicted molar refractivity (Wildman–Crippen MR) is 75.0 cm³/mol. The molecule has 0 saturated heterocycles. The highest BCUT2D eigenvalue weighted by atomic mass is 127. The van der Waals surface area contributed by atoms with Crippen molar-refractivity contribution in [2.24, 2.45) is 5.41 Å². The molecular formula is C12H18IN3O. The maximum Gasteiger partial charge on any atom is 0.217 e. The van der Waals surface area contributed by atoms with Crippen LogP contribution in [0.5, 0.6) is 0 Å². The molecule has 0 fully saturated rings. The molecule has 5 heteroatoms. The minimum absolute atomic E-state index is 0.0114. The zero-order valence-corrected chi connectivity index (χ0v) is 12.7. The molecule has 0 saturated carbocycles. The molecule has 1 aromatic heterocycles. The van der Waals surface area contributed by atoms with Gasteiger partial charge in [-0.15, -0.1) is 0 Å². The molecule has 0 unspecified atom stereocenters. The fraction of sp³-hybridized carbons (Fsp3) is 0.667. The third-order valence-corrected chi connectivity index (χ3v) is 4.38. The summed E-state index contributed by atoms with van der Waals surface area (Å²) >= 11 is 2.29. The van der Waals surface area contributed by atoms with E-state index in [9.17, 15) is 4.79 Å². The summed E-state index contributed by atoms with van der Waals surface area (Å²) in [6.07, 6.45) is 3.30. The quantitative estimate of drug-likeness (QED) is 0.834. The van der Waals surface area contributed by atoms with Crippen molar-refractivity contribution in [2.45, 2.75) is 46.6 Å². The van der Waals surface area contributed by atoms with Gasteiger partial charge in [-0.2, -0.15) is 0 Å². The summed E-state index contributed by atoms with van der Waals surface area (Å²) in [6.45, 7) is 6.65. The molecule has 17 heavy (non-hydrogen) atoms. The average molecular weight is 347 g/mol. The van der Waals surface area contributed by atoms with Gasteiger partial charge in [-0.1, -0.05) is 13.8 Å². The van der Waals surface area contributed by atoms with Gasteiger partial charge < -0.3 is 5.32 Å². The normalized spacial score (nSPS) is 17.6. The molecular weight excluding hydrogens is 329 g/mol. The third-order valence-electron chi connectivity index (χ3n) is 3.24. The number of halogens is 1. The lowest BCUT2D eigenvalue weighted by Gasteiger charge is -2.28. The number of aromatic nitrogens is 2. The van der Waals surface area contributed by atoms with Crippen molar-refractivity contribution in [1.82, 2.24) is 13.1 Å². The molecule has 1 aliphatic carbocycles. The van der Waals surface area contributed by atoms with Crippen LogP contribution in [0, 0.1) is 5.41 Å². The Morgan fingerprint density at radius 3 is 2.94 bits per heavy atom. The van der Waals surface area contributed by atoms with Gasteiger partial charge in [0.15, 0.2) is 0 Å². The number of nitrogens with one attached hydrogen (secondary N) is 1. The molecule has 1 N–H and O–H groups in total. The highest BCUT2D eigenvalue weighted by Gasteiger charge is 2.29. The maximum absolute atomic E-state index is 10.9. The first-order valence-corrected chi connectivity index (χ1v) is 6.85. The van der Waals surface area contributed by atoms with Gasteiger partial charge in [-0.3, -0.25) is 7.58 Å². The van der Waals surface area contributed by atoms with Crippen molar-refractivity contribution in [1.29, 1.82) is 0 Å². The van der Waals surface area contributed by atoms with Gasteiger partial charge in [-0.25, -0.2) is 4.98 Å². The van der Waals surface area contributed by atoms with Crippen molar-refractivity contribution in [2.75, 3.05) is 0 Å². The second-order valence-electron chi connectivity index (χ2n) is 5.45. The van der Waals surface area contributed by atoms with Gasteiger partial charge in [-0.05, 0) is 24.7 Å². The zero-order chi connectivity index (χ0) is 12.6. The topological polar surface area (TPSA) is 46.9 Å². The number of nitrogens with zero attached hydrogens (tertiary/aromatic N) is 2. The van der Waals surface area contributed by atoms with E-state index in [1.54, 1.807) is 0 Å². The Balaban J connectivity index is 2.22. The van der Waals surface area contributed by atoms with Crippen molar-refractivity contribution in [3.63, 3.8) is 0 Å². The van der Waals surface area contributed by atoms with E-state index in [-0.39, 0.29) is 5.91 Å². The lowest BCUT2D eigenvalue weighted by molar-refractivity contribution is -0.119. The van der Waals surface area contributed by atoms with Crippen LogP contribution in [0.2, 0.25) is 0 Å². The smallest absolute Gasteiger partial charge is 0.217 e. The minimum atomic E-state index is -0.0114. The van der Waals surface area contributed by atoms with E-state index < -0.39 is 0 Å². The first-order valence-electron chi connectivity index (χ1n) is 5.89. The Kier molecular flexibility index (Phi) is 3.47. The molecule has 4 nitrogen and oxygen atoms in total. The van der Waals surface area contributed by atoms with Crippen LogP contribution in [0.4, 0.5) is 0 Å². The first-order chi connectivity index (χ1) is 7.89. The van der Waals surface area contributed by atoms with Gasteiger partial charge in [0.2, 0.25) is 5.91 Å². The molecule has 0 spiro atoms. The number of amides is 1. The molecule has 0 aromatic carbocycles. The molecule has 1 aromatic rings. The van der Waals surface area contributed by atoms with Crippen LogP contribution >= 0.6 is 22.9 Å². The van der Waals surface area contributed by atoms with Crippen molar-refractivity contribution < 1.29 is 4.79 Å². The minimum Gasteiger partial charge on any atom is -0.349 e. The molecule has 1 aliphatic rings. The van der Waals surface area contributed by atoms with Crippen LogP contribution in [-0.4, -0.2) is 13.7 Å². The van der Waals surface area contributed by atoms with Crippen molar-refractivity contribution >= 4 is 28.8 Å². The van der Waals surface area contributed by atoms with E-state index in [0.29, 0.717) is 12.0 Å². The van der Waals surface area contributed by atoms with Crippen LogP contribution < -0.4 is 5.32 Å². The molecule has 94 valence electrons. The Bertz CT molecular complexity index is 451. The molecule has 0 atom stereocenters. The lowest BCUT2D eigenvalue weighted by atomic mass is 9.78. The molecule has 0 aliphatic heterocycles. The number of aryl methyl sites for hydroxylation is 1. The van der Waals surface area contributed by atoms with E-state index in [1.165, 1.54) is 24.7 Å². The van der Waals surface area contributed by atoms with Crippen LogP contribution in [0.25, 0.3) is 0 Å². The number of hydrogen-bond donors (Lipinski definition) is 1. The van der Waals surface area contributed by atoms with E-state index in [0.717, 1.165) is 18.7 Å². The summed E-state index contributed by atoms with van der Waals surface area (Å²) in [5.41, 5.74) is 2.89. The van der Waals surface area contributed by atoms with Crippen LogP contribution in [0.3, 0.4) is 0 Å². The Morgan fingerprint density at radius 2 is 2.29 bits per heavy atom. The summed E-state index contributed by atoms with van der Waals surface area (Å²) in [5, 5.41) is 2.81. The molecule has 1 heterocycles. The van der Waals surface area contributed by atoms with Crippen molar-refractivity contribution in [3.8, 4) is 0 Å². The van der Waals surface area contributed by atoms with Gasteiger partial charge in [0.25, 0.3) is 0 Å². The van der Waals surface area contributed by atoms with Crippen molar-refractivity contribution in [3.05, 3.63) is 17.2 Å². The second-order valence-corrected chi connectivity index (χ2v) is 6.42. The number of rotatable bonds is 2. The summed E-state index contributed by atoms with van der Waals surface area (Å²) in [6, 6.07) is 0. The van der Waals surface area contributed by atoms with Gasteiger partial charge >= 0.3 is 0 Å². The Labute approximate surface area is 116 Å². The van der Waals surface area contributed by atoms with Gasteiger partial charge in [0.1, 0.15) is 5.82 Å². The average Bonchev–Trinajstić information content (AvgIpc) is 2.52. The maximum atomic E-state index is 10.9. The van der Waals surface area contributed by atoms with Crippen LogP contribution in [-0.2, 0) is 24.2 Å².